The Bertz CT molecular complexity index is 522. The van der Waals surface area contributed by atoms with Crippen molar-refractivity contribution in [3.05, 3.63) is 29.3 Å². The van der Waals surface area contributed by atoms with Crippen LogP contribution in [0.4, 0.5) is 18.9 Å². The summed E-state index contributed by atoms with van der Waals surface area (Å²) < 4.78 is 38.6. The quantitative estimate of drug-likeness (QED) is 0.896. The Kier molecular flexibility index (Phi) is 4.19. The SMILES string of the molecule is N#Cc1ccc(NC2CCCC2CO)cc1C(F)(F)F. The van der Waals surface area contributed by atoms with E-state index in [1.807, 2.05) is 0 Å². The molecule has 1 aliphatic rings. The lowest BCUT2D eigenvalue weighted by atomic mass is 10.0. The molecule has 2 unspecified atom stereocenters. The fourth-order valence-electron chi connectivity index (χ4n) is 2.63. The van der Waals surface area contributed by atoms with Crippen LogP contribution in [0.1, 0.15) is 30.4 Å². The van der Waals surface area contributed by atoms with Gasteiger partial charge >= 0.3 is 6.18 Å². The normalized spacial score (nSPS) is 22.6. The number of nitrogens with zero attached hydrogens (tertiary/aromatic N) is 1. The Morgan fingerprint density at radius 3 is 2.70 bits per heavy atom. The molecule has 0 amide bonds. The molecule has 2 atom stereocenters. The standard InChI is InChI=1S/C14H15F3N2O/c15-14(16,17)12-6-11(5-4-9(12)7-18)19-13-3-1-2-10(13)8-20/h4-6,10,13,19-20H,1-3,8H2. The minimum Gasteiger partial charge on any atom is -0.396 e. The monoisotopic (exact) mass is 284 g/mol. The molecule has 0 saturated heterocycles. The smallest absolute Gasteiger partial charge is 0.396 e. The number of halogens is 3. The van der Waals surface area contributed by atoms with E-state index >= 15 is 0 Å². The highest BCUT2D eigenvalue weighted by atomic mass is 19.4. The van der Waals surface area contributed by atoms with Gasteiger partial charge < -0.3 is 10.4 Å². The average molecular weight is 284 g/mol. The van der Waals surface area contributed by atoms with Crippen molar-refractivity contribution in [3.63, 3.8) is 0 Å². The summed E-state index contributed by atoms with van der Waals surface area (Å²) in [6.45, 7) is 0.0279. The molecule has 1 aromatic rings. The van der Waals surface area contributed by atoms with Crippen molar-refractivity contribution in [1.82, 2.24) is 0 Å². The third-order valence-electron chi connectivity index (χ3n) is 3.69. The van der Waals surface area contributed by atoms with Gasteiger partial charge in [-0.1, -0.05) is 6.42 Å². The number of hydrogen-bond acceptors (Lipinski definition) is 3. The Labute approximate surface area is 115 Å². The number of anilines is 1. The summed E-state index contributed by atoms with van der Waals surface area (Å²) in [5.74, 6) is 0.0694. The van der Waals surface area contributed by atoms with Gasteiger partial charge in [-0.3, -0.25) is 0 Å². The van der Waals surface area contributed by atoms with Crippen LogP contribution in [0.3, 0.4) is 0 Å². The molecule has 0 bridgehead atoms. The van der Waals surface area contributed by atoms with E-state index in [1.165, 1.54) is 12.1 Å². The van der Waals surface area contributed by atoms with E-state index in [-0.39, 0.29) is 24.1 Å². The Morgan fingerprint density at radius 2 is 2.10 bits per heavy atom. The van der Waals surface area contributed by atoms with Crippen LogP contribution in [0.2, 0.25) is 0 Å². The highest BCUT2D eigenvalue weighted by Crippen LogP contribution is 2.35. The largest absolute Gasteiger partial charge is 0.417 e. The molecule has 0 radical (unpaired) electrons. The molecule has 2 rings (SSSR count). The Hall–Kier alpha value is -1.74. The molecule has 2 N–H and O–H groups in total. The van der Waals surface area contributed by atoms with E-state index in [2.05, 4.69) is 5.32 Å². The summed E-state index contributed by atoms with van der Waals surface area (Å²) in [7, 11) is 0. The highest BCUT2D eigenvalue weighted by molar-refractivity contribution is 5.53. The number of benzene rings is 1. The van der Waals surface area contributed by atoms with Crippen molar-refractivity contribution < 1.29 is 18.3 Å². The van der Waals surface area contributed by atoms with E-state index in [4.69, 9.17) is 5.26 Å². The summed E-state index contributed by atoms with van der Waals surface area (Å²) in [4.78, 5) is 0. The fourth-order valence-corrected chi connectivity index (χ4v) is 2.63. The molecule has 1 fully saturated rings. The predicted octanol–water partition coefficient (Wildman–Crippen LogP) is 3.15. The third kappa shape index (κ3) is 3.05. The van der Waals surface area contributed by atoms with Crippen LogP contribution < -0.4 is 5.32 Å². The first-order chi connectivity index (χ1) is 9.45. The van der Waals surface area contributed by atoms with Crippen LogP contribution in [0.5, 0.6) is 0 Å². The fraction of sp³-hybridized carbons (Fsp3) is 0.500. The number of nitrogens with one attached hydrogen (secondary N) is 1. The predicted molar refractivity (Wildman–Crippen MR) is 68.0 cm³/mol. The molecule has 1 aromatic carbocycles. The van der Waals surface area contributed by atoms with Gasteiger partial charge in [0.1, 0.15) is 0 Å². The number of hydrogen-bond donors (Lipinski definition) is 2. The van der Waals surface area contributed by atoms with Gasteiger partial charge in [-0.2, -0.15) is 18.4 Å². The number of alkyl halides is 3. The molecule has 3 nitrogen and oxygen atoms in total. The number of aliphatic hydroxyl groups excluding tert-OH is 1. The Balaban J connectivity index is 2.24. The molecule has 0 spiro atoms. The second kappa shape index (κ2) is 5.71. The van der Waals surface area contributed by atoms with Crippen LogP contribution in [0, 0.1) is 17.2 Å². The van der Waals surface area contributed by atoms with Gasteiger partial charge in [0.2, 0.25) is 0 Å². The first-order valence-corrected chi connectivity index (χ1v) is 6.44. The van der Waals surface area contributed by atoms with Crippen molar-refractivity contribution in [2.45, 2.75) is 31.5 Å². The molecule has 6 heteroatoms. The molecule has 1 aliphatic carbocycles. The van der Waals surface area contributed by atoms with Crippen LogP contribution in [-0.2, 0) is 6.18 Å². The maximum absolute atomic E-state index is 12.9. The summed E-state index contributed by atoms with van der Waals surface area (Å²) in [6.07, 6.45) is -1.90. The summed E-state index contributed by atoms with van der Waals surface area (Å²) in [5.41, 5.74) is -0.974. The summed E-state index contributed by atoms with van der Waals surface area (Å²) in [6, 6.07) is 5.15. The van der Waals surface area contributed by atoms with Crippen LogP contribution in [0.15, 0.2) is 18.2 Å². The van der Waals surface area contributed by atoms with Crippen molar-refractivity contribution in [2.24, 2.45) is 5.92 Å². The van der Waals surface area contributed by atoms with E-state index < -0.39 is 11.7 Å². The maximum atomic E-state index is 12.9. The van der Waals surface area contributed by atoms with Crippen molar-refractivity contribution in [1.29, 1.82) is 5.26 Å². The minimum atomic E-state index is -4.55. The lowest BCUT2D eigenvalue weighted by Crippen LogP contribution is -2.26. The average Bonchev–Trinajstić information content (AvgIpc) is 2.85. The van der Waals surface area contributed by atoms with E-state index in [1.54, 1.807) is 6.07 Å². The molecular weight excluding hydrogens is 269 g/mol. The minimum absolute atomic E-state index is 0.0194. The zero-order valence-electron chi connectivity index (χ0n) is 10.7. The van der Waals surface area contributed by atoms with Crippen LogP contribution in [-0.4, -0.2) is 17.8 Å². The van der Waals surface area contributed by atoms with Gasteiger partial charge in [0, 0.05) is 24.3 Å². The van der Waals surface area contributed by atoms with Crippen LogP contribution in [0.25, 0.3) is 0 Å². The number of nitriles is 1. The lowest BCUT2D eigenvalue weighted by molar-refractivity contribution is -0.137. The molecule has 1 saturated carbocycles. The van der Waals surface area contributed by atoms with E-state index in [0.29, 0.717) is 5.69 Å². The zero-order valence-corrected chi connectivity index (χ0v) is 10.7. The number of aliphatic hydroxyl groups is 1. The van der Waals surface area contributed by atoms with Crippen molar-refractivity contribution in [3.8, 4) is 6.07 Å². The van der Waals surface area contributed by atoms with Gasteiger partial charge in [0.05, 0.1) is 17.2 Å². The molecule has 108 valence electrons. The summed E-state index contributed by atoms with van der Waals surface area (Å²) >= 11 is 0. The van der Waals surface area contributed by atoms with Gasteiger partial charge in [0.25, 0.3) is 0 Å². The molecular formula is C14H15F3N2O. The first kappa shape index (κ1) is 14.7. The Morgan fingerprint density at radius 1 is 1.35 bits per heavy atom. The highest BCUT2D eigenvalue weighted by Gasteiger charge is 2.34. The zero-order chi connectivity index (χ0) is 14.8. The van der Waals surface area contributed by atoms with Gasteiger partial charge in [-0.15, -0.1) is 0 Å². The lowest BCUT2D eigenvalue weighted by Gasteiger charge is -2.21. The van der Waals surface area contributed by atoms with Crippen LogP contribution >= 0.6 is 0 Å². The molecule has 0 aliphatic heterocycles. The van der Waals surface area contributed by atoms with Gasteiger partial charge in [0.15, 0.2) is 0 Å². The van der Waals surface area contributed by atoms with E-state index in [0.717, 1.165) is 25.3 Å². The number of rotatable bonds is 3. The van der Waals surface area contributed by atoms with Crippen molar-refractivity contribution >= 4 is 5.69 Å². The molecule has 20 heavy (non-hydrogen) atoms. The second-order valence-corrected chi connectivity index (χ2v) is 4.99. The van der Waals surface area contributed by atoms with E-state index in [9.17, 15) is 18.3 Å². The topological polar surface area (TPSA) is 56.0 Å². The second-order valence-electron chi connectivity index (χ2n) is 4.99. The third-order valence-corrected chi connectivity index (χ3v) is 3.69. The maximum Gasteiger partial charge on any atom is 0.417 e. The van der Waals surface area contributed by atoms with Gasteiger partial charge in [-0.05, 0) is 31.0 Å². The first-order valence-electron chi connectivity index (χ1n) is 6.44. The molecule has 0 aromatic heterocycles. The molecule has 0 heterocycles. The van der Waals surface area contributed by atoms with Gasteiger partial charge in [-0.25, -0.2) is 0 Å². The van der Waals surface area contributed by atoms with Crippen molar-refractivity contribution in [2.75, 3.05) is 11.9 Å². The summed E-state index contributed by atoms with van der Waals surface area (Å²) in [5, 5.41) is 21.0.